The number of nitrogens with one attached hydrogen (secondary N) is 1. The Morgan fingerprint density at radius 1 is 1.47 bits per heavy atom. The predicted molar refractivity (Wildman–Crippen MR) is 79.2 cm³/mol. The number of carbonyl (C=O) groups is 1. The van der Waals surface area contributed by atoms with Crippen molar-refractivity contribution in [3.63, 3.8) is 0 Å². The summed E-state index contributed by atoms with van der Waals surface area (Å²) in [6.45, 7) is 12.7. The topological polar surface area (TPSA) is 42.7 Å². The molecule has 0 heterocycles. The van der Waals surface area contributed by atoms with Gasteiger partial charge >= 0.3 is 6.09 Å². The third-order valence-electron chi connectivity index (χ3n) is 2.18. The van der Waals surface area contributed by atoms with Gasteiger partial charge in [0.2, 0.25) is 6.54 Å². The van der Waals surface area contributed by atoms with E-state index in [4.69, 9.17) is 11.3 Å². The molecule has 0 bridgehead atoms. The molecule has 0 aliphatic heterocycles. The number of hydrogen-bond acceptors (Lipinski definition) is 2. The fraction of sp³-hybridized carbons (Fsp3) is 0.429. The summed E-state index contributed by atoms with van der Waals surface area (Å²) < 4.78 is 5.98. The number of nitrogens with zero attached hydrogens (tertiary/aromatic N) is 1. The number of ether oxygens (including phenoxy) is 1. The van der Waals surface area contributed by atoms with Gasteiger partial charge in [-0.2, -0.15) is 0 Å². The third kappa shape index (κ3) is 5.75. The number of carbonyl (C=O) groups excluding carboxylic acids is 1. The van der Waals surface area contributed by atoms with Crippen molar-refractivity contribution >= 4 is 27.7 Å². The number of halogens is 1. The number of hydrogen-bond donors (Lipinski definition) is 1. The second-order valence-electron chi connectivity index (χ2n) is 5.07. The molecule has 0 aliphatic rings. The second kappa shape index (κ2) is 6.58. The average Bonchev–Trinajstić information content (AvgIpc) is 2.27. The zero-order valence-electron chi connectivity index (χ0n) is 11.3. The maximum atomic E-state index is 11.7. The molecule has 1 rings (SSSR count). The Morgan fingerprint density at radius 2 is 2.16 bits per heavy atom. The standard InChI is InChI=1S/C14H17BrN2O2/c1-14(2,3)19-13(18)17-12-9-10(7-8-16-4)5-6-11(12)15/h5-6,9H,7-8H2,1-3H3,(H,17,18). The van der Waals surface area contributed by atoms with E-state index in [1.54, 1.807) is 0 Å². The maximum absolute atomic E-state index is 11.7. The van der Waals surface area contributed by atoms with E-state index in [9.17, 15) is 4.79 Å². The van der Waals surface area contributed by atoms with E-state index in [0.717, 1.165) is 10.0 Å². The number of rotatable bonds is 3. The first-order valence-electron chi connectivity index (χ1n) is 5.93. The second-order valence-corrected chi connectivity index (χ2v) is 5.93. The lowest BCUT2D eigenvalue weighted by Crippen LogP contribution is -2.27. The van der Waals surface area contributed by atoms with E-state index in [0.29, 0.717) is 18.7 Å². The van der Waals surface area contributed by atoms with Crippen molar-refractivity contribution in [1.82, 2.24) is 0 Å². The van der Waals surface area contributed by atoms with Crippen molar-refractivity contribution in [3.8, 4) is 0 Å². The van der Waals surface area contributed by atoms with Crippen LogP contribution in [0.5, 0.6) is 0 Å². The molecule has 1 N–H and O–H groups in total. The monoisotopic (exact) mass is 324 g/mol. The largest absolute Gasteiger partial charge is 0.444 e. The Hall–Kier alpha value is -1.54. The molecule has 1 aromatic carbocycles. The van der Waals surface area contributed by atoms with Crippen LogP contribution in [0.4, 0.5) is 10.5 Å². The van der Waals surface area contributed by atoms with Gasteiger partial charge in [-0.25, -0.2) is 11.4 Å². The van der Waals surface area contributed by atoms with Crippen LogP contribution in [0.25, 0.3) is 4.85 Å². The minimum Gasteiger partial charge on any atom is -0.444 e. The van der Waals surface area contributed by atoms with Crippen molar-refractivity contribution in [2.75, 3.05) is 11.9 Å². The summed E-state index contributed by atoms with van der Waals surface area (Å²) >= 11 is 3.38. The molecule has 0 saturated heterocycles. The van der Waals surface area contributed by atoms with Crippen LogP contribution < -0.4 is 5.32 Å². The van der Waals surface area contributed by atoms with Gasteiger partial charge in [0.15, 0.2) is 0 Å². The smallest absolute Gasteiger partial charge is 0.412 e. The van der Waals surface area contributed by atoms with Gasteiger partial charge in [0.05, 0.1) is 5.69 Å². The fourth-order valence-corrected chi connectivity index (χ4v) is 1.77. The van der Waals surface area contributed by atoms with Crippen LogP contribution in [0.1, 0.15) is 26.3 Å². The molecule has 1 aromatic rings. The lowest BCUT2D eigenvalue weighted by molar-refractivity contribution is 0.0636. The summed E-state index contributed by atoms with van der Waals surface area (Å²) in [5, 5.41) is 2.70. The highest BCUT2D eigenvalue weighted by Gasteiger charge is 2.17. The Morgan fingerprint density at radius 3 is 2.74 bits per heavy atom. The molecule has 5 heteroatoms. The molecule has 0 aliphatic carbocycles. The first-order chi connectivity index (χ1) is 8.81. The minimum absolute atomic E-state index is 0.438. The first-order valence-corrected chi connectivity index (χ1v) is 6.73. The molecule has 0 unspecified atom stereocenters. The molecule has 0 radical (unpaired) electrons. The van der Waals surface area contributed by atoms with E-state index in [1.165, 1.54) is 0 Å². The molecule has 0 atom stereocenters. The summed E-state index contributed by atoms with van der Waals surface area (Å²) in [5.74, 6) is 0. The molecular formula is C14H17BrN2O2. The van der Waals surface area contributed by atoms with E-state index < -0.39 is 11.7 Å². The lowest BCUT2D eigenvalue weighted by Gasteiger charge is -2.20. The van der Waals surface area contributed by atoms with Gasteiger partial charge in [0.1, 0.15) is 5.60 Å². The normalized spacial score (nSPS) is 10.7. The van der Waals surface area contributed by atoms with E-state index in [2.05, 4.69) is 26.1 Å². The third-order valence-corrected chi connectivity index (χ3v) is 2.87. The quantitative estimate of drug-likeness (QED) is 0.844. The molecule has 0 aromatic heterocycles. The lowest BCUT2D eigenvalue weighted by atomic mass is 10.1. The summed E-state index contributed by atoms with van der Waals surface area (Å²) in [5.41, 5.74) is 1.13. The van der Waals surface area contributed by atoms with Crippen LogP contribution in [-0.4, -0.2) is 18.2 Å². The Kier molecular flexibility index (Phi) is 5.37. The van der Waals surface area contributed by atoms with Gasteiger partial charge in [0.25, 0.3) is 0 Å². The summed E-state index contributed by atoms with van der Waals surface area (Å²) in [6.07, 6.45) is 0.176. The van der Waals surface area contributed by atoms with Crippen molar-refractivity contribution < 1.29 is 9.53 Å². The SMILES string of the molecule is [C-]#[N+]CCc1ccc(Br)c(NC(=O)OC(C)(C)C)c1. The molecule has 19 heavy (non-hydrogen) atoms. The molecule has 0 spiro atoms. The number of benzene rings is 1. The van der Waals surface area contributed by atoms with Gasteiger partial charge < -0.3 is 9.58 Å². The van der Waals surface area contributed by atoms with Crippen LogP contribution >= 0.6 is 15.9 Å². The molecule has 1 amide bonds. The van der Waals surface area contributed by atoms with Crippen molar-refractivity contribution in [3.05, 3.63) is 39.7 Å². The highest BCUT2D eigenvalue weighted by atomic mass is 79.9. The molecule has 4 nitrogen and oxygen atoms in total. The summed E-state index contributed by atoms with van der Waals surface area (Å²) in [4.78, 5) is 15.0. The van der Waals surface area contributed by atoms with Crippen molar-refractivity contribution in [1.29, 1.82) is 0 Å². The van der Waals surface area contributed by atoms with Gasteiger partial charge in [-0.3, -0.25) is 5.32 Å². The highest BCUT2D eigenvalue weighted by molar-refractivity contribution is 9.10. The van der Waals surface area contributed by atoms with Crippen LogP contribution in [0.2, 0.25) is 0 Å². The van der Waals surface area contributed by atoms with Gasteiger partial charge in [-0.05, 0) is 54.4 Å². The predicted octanol–water partition coefficient (Wildman–Crippen LogP) is 4.26. The molecule has 0 saturated carbocycles. The van der Waals surface area contributed by atoms with Crippen LogP contribution in [-0.2, 0) is 11.2 Å². The Balaban J connectivity index is 2.77. The Labute approximate surface area is 122 Å². The highest BCUT2D eigenvalue weighted by Crippen LogP contribution is 2.24. The fourth-order valence-electron chi connectivity index (χ4n) is 1.42. The Bertz CT molecular complexity index is 501. The average molecular weight is 325 g/mol. The van der Waals surface area contributed by atoms with Gasteiger partial charge in [0, 0.05) is 10.9 Å². The summed E-state index contributed by atoms with van der Waals surface area (Å²) in [7, 11) is 0. The maximum Gasteiger partial charge on any atom is 0.412 e. The van der Waals surface area contributed by atoms with Crippen LogP contribution in [0.3, 0.4) is 0 Å². The van der Waals surface area contributed by atoms with E-state index in [-0.39, 0.29) is 0 Å². The molecule has 102 valence electrons. The van der Waals surface area contributed by atoms with Crippen LogP contribution in [0.15, 0.2) is 22.7 Å². The van der Waals surface area contributed by atoms with Gasteiger partial charge in [-0.15, -0.1) is 0 Å². The first kappa shape index (κ1) is 15.5. The van der Waals surface area contributed by atoms with Gasteiger partial charge in [-0.1, -0.05) is 6.07 Å². The van der Waals surface area contributed by atoms with Crippen molar-refractivity contribution in [2.24, 2.45) is 0 Å². The molecular weight excluding hydrogens is 308 g/mol. The van der Waals surface area contributed by atoms with Crippen LogP contribution in [0, 0.1) is 6.57 Å². The van der Waals surface area contributed by atoms with E-state index >= 15 is 0 Å². The minimum atomic E-state index is -0.529. The van der Waals surface area contributed by atoms with Crippen molar-refractivity contribution in [2.45, 2.75) is 32.8 Å². The molecule has 0 fully saturated rings. The van der Waals surface area contributed by atoms with E-state index in [1.807, 2.05) is 39.0 Å². The summed E-state index contributed by atoms with van der Waals surface area (Å²) in [6, 6.07) is 5.63. The number of amides is 1. The zero-order valence-corrected chi connectivity index (χ0v) is 12.9. The number of anilines is 1. The zero-order chi connectivity index (χ0) is 14.5.